The SMILES string of the molecule is C[Si](C)(C)C1([Si](C)(C)C)c2cc(N(c3ccccc3)c3ccc4sc5ccccc5c4c3)c3ccccc3c2-c2c1c1ccc(N(c3ccccc3)c3ccc4sc5ccccc5c4c3)cc1c1ccccc21. The van der Waals surface area contributed by atoms with E-state index in [4.69, 9.17) is 0 Å². The summed E-state index contributed by atoms with van der Waals surface area (Å²) in [7, 11) is -4.45. The predicted octanol–water partition coefficient (Wildman–Crippen LogP) is 20.8. The third kappa shape index (κ3) is 6.50. The maximum atomic E-state index is 2.69. The first kappa shape index (κ1) is 44.4. The molecule has 11 aromatic carbocycles. The Kier molecular flexibility index (Phi) is 9.93. The number of fused-ring (bicyclic) bond motifs is 16. The highest BCUT2D eigenvalue weighted by molar-refractivity contribution is 7.26. The molecule has 2 nitrogen and oxygen atoms in total. The average Bonchev–Trinajstić information content (AvgIpc) is 4.10. The van der Waals surface area contributed by atoms with Gasteiger partial charge in [0.15, 0.2) is 0 Å². The molecule has 352 valence electrons. The molecule has 14 rings (SSSR count). The van der Waals surface area contributed by atoms with E-state index in [0.717, 1.165) is 22.7 Å². The molecule has 0 amide bonds. The minimum absolute atomic E-state index is 0.173. The van der Waals surface area contributed by atoms with Gasteiger partial charge in [0.2, 0.25) is 0 Å². The molecule has 73 heavy (non-hydrogen) atoms. The first-order valence-electron chi connectivity index (χ1n) is 25.6. The normalized spacial score (nSPS) is 13.5. The molecular formula is C67H54N2S2Si2. The van der Waals surface area contributed by atoms with Crippen LogP contribution in [0.2, 0.25) is 39.3 Å². The summed E-state index contributed by atoms with van der Waals surface area (Å²) in [5, 5.41) is 13.2. The fourth-order valence-corrected chi connectivity index (χ4v) is 28.8. The van der Waals surface area contributed by atoms with Crippen molar-refractivity contribution in [2.24, 2.45) is 0 Å². The lowest BCUT2D eigenvalue weighted by molar-refractivity contribution is 0.963. The fourth-order valence-electron chi connectivity index (χ4n) is 13.6. The van der Waals surface area contributed by atoms with Crippen LogP contribution >= 0.6 is 22.7 Å². The van der Waals surface area contributed by atoms with Crippen molar-refractivity contribution in [3.63, 3.8) is 0 Å². The molecule has 0 unspecified atom stereocenters. The van der Waals surface area contributed by atoms with Gasteiger partial charge in [-0.25, -0.2) is 0 Å². The van der Waals surface area contributed by atoms with E-state index in [1.807, 2.05) is 22.7 Å². The molecule has 0 aliphatic heterocycles. The van der Waals surface area contributed by atoms with Crippen LogP contribution in [-0.4, -0.2) is 16.1 Å². The van der Waals surface area contributed by atoms with Gasteiger partial charge in [-0.05, 0) is 140 Å². The molecule has 0 atom stereocenters. The first-order valence-corrected chi connectivity index (χ1v) is 34.2. The van der Waals surface area contributed by atoms with Crippen molar-refractivity contribution >= 4 is 146 Å². The standard InChI is InChI=1S/C67H54N2S2Si2/c1-72(2,3)67(73(4,5)6)58-42-59(69(44-23-11-8-12-24-44)47-35-38-63-57(41-47)51-28-18-20-32-61(51)71-63)49-26-14-16-30-53(49)64(58)65-52-29-15-13-25-48(52)55-39-45(33-36-54(55)66(65)67)68(43-21-9-7-10-22-43)46-34-37-62-56(40-46)50-27-17-19-31-60(50)70-62/h7-42H,1-6H3. The summed E-state index contributed by atoms with van der Waals surface area (Å²) < 4.78 is 5.10. The molecule has 0 radical (unpaired) electrons. The maximum Gasteiger partial charge on any atom is 0.0579 e. The van der Waals surface area contributed by atoms with Crippen LogP contribution in [0.25, 0.3) is 83.8 Å². The number of rotatable bonds is 8. The minimum Gasteiger partial charge on any atom is -0.310 e. The van der Waals surface area contributed by atoms with Gasteiger partial charge in [-0.2, -0.15) is 0 Å². The zero-order chi connectivity index (χ0) is 49.4. The molecule has 2 heterocycles. The molecular weight excluding hydrogens is 953 g/mol. The van der Waals surface area contributed by atoms with E-state index in [9.17, 15) is 0 Å². The highest BCUT2D eigenvalue weighted by atomic mass is 32.1. The van der Waals surface area contributed by atoms with Gasteiger partial charge >= 0.3 is 0 Å². The van der Waals surface area contributed by atoms with E-state index >= 15 is 0 Å². The summed E-state index contributed by atoms with van der Waals surface area (Å²) in [6, 6.07) is 82.8. The van der Waals surface area contributed by atoms with E-state index in [0.29, 0.717) is 0 Å². The summed E-state index contributed by atoms with van der Waals surface area (Å²) in [5.74, 6) is 0. The fraction of sp³-hybridized carbons (Fsp3) is 0.104. The van der Waals surface area contributed by atoms with Crippen molar-refractivity contribution < 1.29 is 0 Å². The quantitative estimate of drug-likeness (QED) is 0.111. The first-order chi connectivity index (χ1) is 35.5. The zero-order valence-corrected chi connectivity index (χ0v) is 45.6. The van der Waals surface area contributed by atoms with Crippen LogP contribution in [0.3, 0.4) is 0 Å². The van der Waals surface area contributed by atoms with Gasteiger partial charge in [-0.15, -0.1) is 22.7 Å². The van der Waals surface area contributed by atoms with E-state index in [1.165, 1.54) is 101 Å². The molecule has 2 aromatic heterocycles. The number of hydrogen-bond acceptors (Lipinski definition) is 4. The van der Waals surface area contributed by atoms with E-state index in [2.05, 4.69) is 267 Å². The number of nitrogens with zero attached hydrogens (tertiary/aromatic N) is 2. The molecule has 0 N–H and O–H groups in total. The minimum atomic E-state index is -2.23. The van der Waals surface area contributed by atoms with Crippen LogP contribution in [0.1, 0.15) is 11.1 Å². The number of benzene rings is 11. The lowest BCUT2D eigenvalue weighted by Gasteiger charge is -2.52. The highest BCUT2D eigenvalue weighted by Gasteiger charge is 2.60. The Balaban J connectivity index is 1.07. The smallest absolute Gasteiger partial charge is 0.0579 e. The highest BCUT2D eigenvalue weighted by Crippen LogP contribution is 2.64. The van der Waals surface area contributed by atoms with Crippen molar-refractivity contribution in [1.82, 2.24) is 0 Å². The Labute approximate surface area is 437 Å². The topological polar surface area (TPSA) is 6.48 Å². The Morgan fingerprint density at radius 2 is 0.712 bits per heavy atom. The molecule has 0 fully saturated rings. The second kappa shape index (κ2) is 16.3. The van der Waals surface area contributed by atoms with Crippen LogP contribution in [0.5, 0.6) is 0 Å². The van der Waals surface area contributed by atoms with Crippen LogP contribution in [0.4, 0.5) is 34.1 Å². The molecule has 1 aliphatic carbocycles. The molecule has 6 heteroatoms. The summed E-state index contributed by atoms with van der Waals surface area (Å²) in [5.41, 5.74) is 13.0. The summed E-state index contributed by atoms with van der Waals surface area (Å²) in [6.07, 6.45) is 0. The number of hydrogen-bond donors (Lipinski definition) is 0. The summed E-state index contributed by atoms with van der Waals surface area (Å²) in [4.78, 5) is 5.04. The molecule has 0 saturated carbocycles. The molecule has 0 saturated heterocycles. The third-order valence-electron chi connectivity index (χ3n) is 16.1. The summed E-state index contributed by atoms with van der Waals surface area (Å²) >= 11 is 3.76. The number of para-hydroxylation sites is 2. The molecule has 1 aliphatic rings. The van der Waals surface area contributed by atoms with Gasteiger partial charge in [-0.1, -0.05) is 167 Å². The Bertz CT molecular complexity index is 4360. The lowest BCUT2D eigenvalue weighted by atomic mass is 9.89. The lowest BCUT2D eigenvalue weighted by Crippen LogP contribution is -2.63. The van der Waals surface area contributed by atoms with Crippen LogP contribution in [0, 0.1) is 0 Å². The Morgan fingerprint density at radius 1 is 0.301 bits per heavy atom. The van der Waals surface area contributed by atoms with E-state index < -0.39 is 16.1 Å². The average molecular weight is 1010 g/mol. The largest absolute Gasteiger partial charge is 0.310 e. The van der Waals surface area contributed by atoms with Gasteiger partial charge in [-0.3, -0.25) is 0 Å². The van der Waals surface area contributed by atoms with Crippen molar-refractivity contribution in [3.8, 4) is 11.1 Å². The molecule has 13 aromatic rings. The predicted molar refractivity (Wildman–Crippen MR) is 327 cm³/mol. The van der Waals surface area contributed by atoms with Crippen molar-refractivity contribution in [2.75, 3.05) is 9.80 Å². The van der Waals surface area contributed by atoms with E-state index in [-0.39, 0.29) is 4.66 Å². The van der Waals surface area contributed by atoms with E-state index in [1.54, 1.807) is 5.56 Å². The van der Waals surface area contributed by atoms with Crippen LogP contribution < -0.4 is 9.80 Å². The van der Waals surface area contributed by atoms with Gasteiger partial charge in [0.1, 0.15) is 0 Å². The van der Waals surface area contributed by atoms with Crippen molar-refractivity contribution in [3.05, 3.63) is 230 Å². The Morgan fingerprint density at radius 3 is 1.26 bits per heavy atom. The third-order valence-corrected chi connectivity index (χ3v) is 28.4. The van der Waals surface area contributed by atoms with Crippen LogP contribution in [0.15, 0.2) is 218 Å². The van der Waals surface area contributed by atoms with Gasteiger partial charge in [0.25, 0.3) is 0 Å². The second-order valence-corrected chi connectivity index (χ2v) is 35.2. The molecule has 0 spiro atoms. The number of anilines is 6. The van der Waals surface area contributed by atoms with Crippen molar-refractivity contribution in [1.29, 1.82) is 0 Å². The summed E-state index contributed by atoms with van der Waals surface area (Å²) in [6.45, 7) is 16.0. The van der Waals surface area contributed by atoms with Gasteiger partial charge < -0.3 is 9.80 Å². The second-order valence-electron chi connectivity index (χ2n) is 22.0. The van der Waals surface area contributed by atoms with Gasteiger partial charge in [0, 0.05) is 78.8 Å². The maximum absolute atomic E-state index is 2.69. The zero-order valence-electron chi connectivity index (χ0n) is 42.0. The van der Waals surface area contributed by atoms with Gasteiger partial charge in [0.05, 0.1) is 21.8 Å². The Hall–Kier alpha value is -7.33. The number of thiophene rings is 2. The monoisotopic (exact) mass is 1010 g/mol. The molecule has 0 bridgehead atoms. The van der Waals surface area contributed by atoms with Crippen molar-refractivity contribution in [2.45, 2.75) is 43.9 Å². The van der Waals surface area contributed by atoms with Crippen LogP contribution in [-0.2, 0) is 4.66 Å².